The van der Waals surface area contributed by atoms with E-state index in [1.54, 1.807) is 37.3 Å². The summed E-state index contributed by atoms with van der Waals surface area (Å²) >= 11 is 6.31. The number of rotatable bonds is 6. The SMILES string of the molecule is CCOc1cc(-c2nc3ccccc3c(=O)[nH]2)c(Cl)cc1OCC(=O)O. The Kier molecular flexibility index (Phi) is 5.09. The number of benzene rings is 2. The Balaban J connectivity index is 2.11. The van der Waals surface area contributed by atoms with Gasteiger partial charge in [0.05, 0.1) is 22.5 Å². The van der Waals surface area contributed by atoms with Gasteiger partial charge in [-0.05, 0) is 25.1 Å². The van der Waals surface area contributed by atoms with Crippen LogP contribution in [-0.2, 0) is 4.79 Å². The zero-order valence-corrected chi connectivity index (χ0v) is 14.5. The number of carbonyl (C=O) groups is 1. The molecule has 8 heteroatoms. The molecule has 0 fully saturated rings. The van der Waals surface area contributed by atoms with Crippen LogP contribution in [0.4, 0.5) is 0 Å². The number of aromatic nitrogens is 2. The Labute approximate surface area is 153 Å². The molecule has 0 bridgehead atoms. The van der Waals surface area contributed by atoms with Gasteiger partial charge in [0.1, 0.15) is 5.82 Å². The number of hydrogen-bond acceptors (Lipinski definition) is 5. The third kappa shape index (κ3) is 3.62. The maximum atomic E-state index is 12.3. The number of aliphatic carboxylic acids is 1. The third-order valence-corrected chi connectivity index (χ3v) is 3.87. The van der Waals surface area contributed by atoms with Gasteiger partial charge in [-0.2, -0.15) is 0 Å². The summed E-state index contributed by atoms with van der Waals surface area (Å²) in [6, 6.07) is 9.97. The van der Waals surface area contributed by atoms with E-state index in [1.807, 2.05) is 0 Å². The molecule has 0 aliphatic rings. The van der Waals surface area contributed by atoms with E-state index in [0.717, 1.165) is 0 Å². The van der Waals surface area contributed by atoms with E-state index in [0.29, 0.717) is 28.8 Å². The van der Waals surface area contributed by atoms with E-state index in [-0.39, 0.29) is 22.2 Å². The Morgan fingerprint density at radius 2 is 1.96 bits per heavy atom. The van der Waals surface area contributed by atoms with Gasteiger partial charge in [-0.1, -0.05) is 23.7 Å². The van der Waals surface area contributed by atoms with Gasteiger partial charge in [0.2, 0.25) is 0 Å². The van der Waals surface area contributed by atoms with Crippen molar-refractivity contribution in [1.29, 1.82) is 0 Å². The number of fused-ring (bicyclic) bond motifs is 1. The summed E-state index contributed by atoms with van der Waals surface area (Å²) in [6.07, 6.45) is 0. The molecule has 2 aromatic carbocycles. The number of carboxylic acids is 1. The molecule has 3 rings (SSSR count). The van der Waals surface area contributed by atoms with E-state index in [9.17, 15) is 9.59 Å². The van der Waals surface area contributed by atoms with Crippen LogP contribution in [-0.4, -0.2) is 34.3 Å². The molecule has 1 aromatic heterocycles. The Morgan fingerprint density at radius 1 is 1.23 bits per heavy atom. The van der Waals surface area contributed by atoms with E-state index in [1.165, 1.54) is 6.07 Å². The quantitative estimate of drug-likeness (QED) is 0.687. The minimum absolute atomic E-state index is 0.200. The number of para-hydroxylation sites is 1. The molecule has 0 amide bonds. The van der Waals surface area contributed by atoms with E-state index in [4.69, 9.17) is 26.2 Å². The van der Waals surface area contributed by atoms with Crippen LogP contribution >= 0.6 is 11.6 Å². The van der Waals surface area contributed by atoms with Gasteiger partial charge in [-0.3, -0.25) is 4.79 Å². The van der Waals surface area contributed by atoms with Crippen molar-refractivity contribution >= 4 is 28.5 Å². The lowest BCUT2D eigenvalue weighted by Crippen LogP contribution is -2.11. The predicted molar refractivity (Wildman–Crippen MR) is 97.1 cm³/mol. The summed E-state index contributed by atoms with van der Waals surface area (Å²) in [7, 11) is 0. The van der Waals surface area contributed by atoms with Crippen LogP contribution in [0.1, 0.15) is 6.92 Å². The zero-order chi connectivity index (χ0) is 18.7. The zero-order valence-electron chi connectivity index (χ0n) is 13.8. The molecule has 0 unspecified atom stereocenters. The summed E-state index contributed by atoms with van der Waals surface area (Å²) in [6.45, 7) is 1.60. The van der Waals surface area contributed by atoms with Gasteiger partial charge in [0.25, 0.3) is 5.56 Å². The van der Waals surface area contributed by atoms with Crippen molar-refractivity contribution < 1.29 is 19.4 Å². The molecule has 2 N–H and O–H groups in total. The number of carboxylic acid groups (broad SMARTS) is 1. The van der Waals surface area contributed by atoms with E-state index < -0.39 is 12.6 Å². The summed E-state index contributed by atoms with van der Waals surface area (Å²) in [5.41, 5.74) is 0.693. The highest BCUT2D eigenvalue weighted by Crippen LogP contribution is 2.37. The topological polar surface area (TPSA) is 102 Å². The molecule has 1 heterocycles. The van der Waals surface area contributed by atoms with Crippen LogP contribution in [0.2, 0.25) is 5.02 Å². The molecular weight excluding hydrogens is 360 g/mol. The average Bonchev–Trinajstić information content (AvgIpc) is 2.61. The van der Waals surface area contributed by atoms with Gasteiger partial charge in [-0.25, -0.2) is 9.78 Å². The highest BCUT2D eigenvalue weighted by atomic mass is 35.5. The number of aromatic amines is 1. The molecule has 0 radical (unpaired) electrons. The highest BCUT2D eigenvalue weighted by molar-refractivity contribution is 6.33. The number of nitrogens with zero attached hydrogens (tertiary/aromatic N) is 1. The van der Waals surface area contributed by atoms with Crippen molar-refractivity contribution in [3.63, 3.8) is 0 Å². The number of ether oxygens (including phenoxy) is 2. The fraction of sp³-hybridized carbons (Fsp3) is 0.167. The molecule has 0 saturated carbocycles. The summed E-state index contributed by atoms with van der Waals surface area (Å²) in [5, 5.41) is 9.49. The van der Waals surface area contributed by atoms with Crippen molar-refractivity contribution in [3.8, 4) is 22.9 Å². The van der Waals surface area contributed by atoms with Crippen molar-refractivity contribution in [2.45, 2.75) is 6.92 Å². The monoisotopic (exact) mass is 374 g/mol. The average molecular weight is 375 g/mol. The van der Waals surface area contributed by atoms with Crippen LogP contribution in [0.15, 0.2) is 41.2 Å². The standard InChI is InChI=1S/C18H15ClN2O5/c1-2-25-14-7-11(12(19)8-15(14)26-9-16(22)23)17-20-13-6-4-3-5-10(13)18(24)21-17/h3-8H,2,9H2,1H3,(H,22,23)(H,20,21,24). The van der Waals surface area contributed by atoms with Gasteiger partial charge in [0, 0.05) is 11.6 Å². The summed E-state index contributed by atoms with van der Waals surface area (Å²) in [5.74, 6) is -0.326. The van der Waals surface area contributed by atoms with Crippen molar-refractivity contribution in [2.24, 2.45) is 0 Å². The Morgan fingerprint density at radius 3 is 2.69 bits per heavy atom. The molecule has 0 aliphatic heterocycles. The molecule has 0 atom stereocenters. The maximum Gasteiger partial charge on any atom is 0.341 e. The first kappa shape index (κ1) is 17.8. The highest BCUT2D eigenvalue weighted by Gasteiger charge is 2.16. The number of H-pyrrole nitrogens is 1. The predicted octanol–water partition coefficient (Wildman–Crippen LogP) is 3.11. The fourth-order valence-corrected chi connectivity index (χ4v) is 2.69. The first-order valence-corrected chi connectivity index (χ1v) is 8.17. The minimum atomic E-state index is -1.12. The third-order valence-electron chi connectivity index (χ3n) is 3.55. The van der Waals surface area contributed by atoms with Gasteiger partial charge in [0.15, 0.2) is 18.1 Å². The molecule has 134 valence electrons. The van der Waals surface area contributed by atoms with Crippen molar-refractivity contribution in [1.82, 2.24) is 9.97 Å². The van der Waals surface area contributed by atoms with E-state index in [2.05, 4.69) is 9.97 Å². The molecule has 26 heavy (non-hydrogen) atoms. The summed E-state index contributed by atoms with van der Waals surface area (Å²) in [4.78, 5) is 30.2. The molecule has 0 aliphatic carbocycles. The smallest absolute Gasteiger partial charge is 0.341 e. The second-order valence-corrected chi connectivity index (χ2v) is 5.73. The van der Waals surface area contributed by atoms with Crippen molar-refractivity contribution in [3.05, 3.63) is 51.8 Å². The first-order valence-electron chi connectivity index (χ1n) is 7.80. The fourth-order valence-electron chi connectivity index (χ4n) is 2.45. The largest absolute Gasteiger partial charge is 0.490 e. The Bertz CT molecular complexity index is 1030. The van der Waals surface area contributed by atoms with Crippen LogP contribution in [0.5, 0.6) is 11.5 Å². The van der Waals surface area contributed by atoms with Crippen LogP contribution in [0.25, 0.3) is 22.3 Å². The van der Waals surface area contributed by atoms with Gasteiger partial charge < -0.3 is 19.6 Å². The van der Waals surface area contributed by atoms with E-state index >= 15 is 0 Å². The molecular formula is C18H15ClN2O5. The molecule has 7 nitrogen and oxygen atoms in total. The Hall–Kier alpha value is -3.06. The molecule has 3 aromatic rings. The first-order chi connectivity index (χ1) is 12.5. The maximum absolute atomic E-state index is 12.3. The van der Waals surface area contributed by atoms with Crippen LogP contribution in [0.3, 0.4) is 0 Å². The lowest BCUT2D eigenvalue weighted by Gasteiger charge is -2.14. The van der Waals surface area contributed by atoms with Gasteiger partial charge >= 0.3 is 5.97 Å². The number of halogens is 1. The second-order valence-electron chi connectivity index (χ2n) is 5.33. The normalized spacial score (nSPS) is 10.7. The number of nitrogens with one attached hydrogen (secondary N) is 1. The lowest BCUT2D eigenvalue weighted by atomic mass is 10.1. The summed E-state index contributed by atoms with van der Waals surface area (Å²) < 4.78 is 10.7. The molecule has 0 spiro atoms. The molecule has 0 saturated heterocycles. The second kappa shape index (κ2) is 7.45. The number of hydrogen-bond donors (Lipinski definition) is 2. The van der Waals surface area contributed by atoms with Gasteiger partial charge in [-0.15, -0.1) is 0 Å². The van der Waals surface area contributed by atoms with Crippen molar-refractivity contribution in [2.75, 3.05) is 13.2 Å². The van der Waals surface area contributed by atoms with Crippen LogP contribution in [0, 0.1) is 0 Å². The lowest BCUT2D eigenvalue weighted by molar-refractivity contribution is -0.139. The van der Waals surface area contributed by atoms with Crippen LogP contribution < -0.4 is 15.0 Å². The minimum Gasteiger partial charge on any atom is -0.490 e.